The van der Waals surface area contributed by atoms with E-state index in [1.54, 1.807) is 0 Å². The summed E-state index contributed by atoms with van der Waals surface area (Å²) in [5, 5.41) is 3.00. The summed E-state index contributed by atoms with van der Waals surface area (Å²) in [5.74, 6) is 0. The van der Waals surface area contributed by atoms with E-state index in [4.69, 9.17) is 4.74 Å². The Morgan fingerprint density at radius 3 is 2.25 bits per heavy atom. The van der Waals surface area contributed by atoms with Crippen molar-refractivity contribution < 1.29 is 9.53 Å². The first kappa shape index (κ1) is 30.5. The monoisotopic (exact) mass is 548 g/mol. The van der Waals surface area contributed by atoms with Crippen LogP contribution in [-0.4, -0.2) is 85.8 Å². The first-order valence-corrected chi connectivity index (χ1v) is 15.7. The number of carbonyl (C=O) groups excluding carboxylic acids is 1. The van der Waals surface area contributed by atoms with Gasteiger partial charge in [0.25, 0.3) is 0 Å². The number of amides is 1. The van der Waals surface area contributed by atoms with E-state index in [9.17, 15) is 4.79 Å². The van der Waals surface area contributed by atoms with Gasteiger partial charge in [-0.15, -0.1) is 0 Å². The van der Waals surface area contributed by atoms with Crippen LogP contribution in [0, 0.1) is 0 Å². The second kappa shape index (κ2) is 15.6. The number of hydrogen-bond donors (Lipinski definition) is 1. The molecule has 0 unspecified atom stereocenters. The minimum atomic E-state index is -0.414. The van der Waals surface area contributed by atoms with Crippen LogP contribution in [0.1, 0.15) is 71.1 Å². The van der Waals surface area contributed by atoms with E-state index in [0.717, 1.165) is 55.3 Å². The first-order valence-electron chi connectivity index (χ1n) is 15.7. The molecule has 220 valence electrons. The highest BCUT2D eigenvalue weighted by molar-refractivity contribution is 5.91. The van der Waals surface area contributed by atoms with Gasteiger partial charge in [-0.3, -0.25) is 5.32 Å². The van der Waals surface area contributed by atoms with Crippen molar-refractivity contribution in [2.75, 3.05) is 58.7 Å². The zero-order valence-electron chi connectivity index (χ0n) is 25.2. The standard InChI is InChI=1S/C34H52N4O2/c1-34(40-33(39)35-32-18-12-11-17-31(32)29-15-9-8-10-16-29)21-27-38(28-22-34)24-14-7-5-4-6-13-23-37(3)30-19-25-36(2)26-20-30/h8-12,15-18,30H,4-7,13-14,19-28H2,1-3H3,(H,35,39). The van der Waals surface area contributed by atoms with Gasteiger partial charge in [0.05, 0.1) is 5.69 Å². The Morgan fingerprint density at radius 2 is 1.52 bits per heavy atom. The van der Waals surface area contributed by atoms with Gasteiger partial charge in [-0.1, -0.05) is 74.2 Å². The third-order valence-corrected chi connectivity index (χ3v) is 9.05. The van der Waals surface area contributed by atoms with E-state index in [1.165, 1.54) is 71.0 Å². The molecular weight excluding hydrogens is 496 g/mol. The largest absolute Gasteiger partial charge is 0.443 e. The minimum Gasteiger partial charge on any atom is -0.443 e. The fourth-order valence-corrected chi connectivity index (χ4v) is 6.19. The van der Waals surface area contributed by atoms with Gasteiger partial charge in [-0.25, -0.2) is 4.79 Å². The number of nitrogens with zero attached hydrogens (tertiary/aromatic N) is 3. The van der Waals surface area contributed by atoms with Crippen LogP contribution in [0.2, 0.25) is 0 Å². The fraction of sp³-hybridized carbons (Fsp3) is 0.618. The van der Waals surface area contributed by atoms with Crippen molar-refractivity contribution in [3.8, 4) is 11.1 Å². The second-order valence-electron chi connectivity index (χ2n) is 12.4. The predicted molar refractivity (Wildman–Crippen MR) is 167 cm³/mol. The molecule has 2 saturated heterocycles. The molecule has 4 rings (SSSR count). The van der Waals surface area contributed by atoms with Gasteiger partial charge in [0.15, 0.2) is 0 Å². The van der Waals surface area contributed by atoms with Crippen molar-refractivity contribution >= 4 is 11.8 Å². The van der Waals surface area contributed by atoms with E-state index in [2.05, 4.69) is 53.2 Å². The molecule has 6 heteroatoms. The number of likely N-dealkylation sites (tertiary alicyclic amines) is 2. The number of carbonyl (C=O) groups is 1. The number of rotatable bonds is 13. The van der Waals surface area contributed by atoms with E-state index >= 15 is 0 Å². The molecule has 0 saturated carbocycles. The highest BCUT2D eigenvalue weighted by Crippen LogP contribution is 2.30. The van der Waals surface area contributed by atoms with Crippen LogP contribution < -0.4 is 5.32 Å². The van der Waals surface area contributed by atoms with E-state index in [-0.39, 0.29) is 6.09 Å². The zero-order chi connectivity index (χ0) is 28.2. The molecule has 2 aromatic carbocycles. The summed E-state index contributed by atoms with van der Waals surface area (Å²) in [7, 11) is 4.56. The van der Waals surface area contributed by atoms with Crippen LogP contribution in [0.4, 0.5) is 10.5 Å². The topological polar surface area (TPSA) is 48.1 Å². The van der Waals surface area contributed by atoms with Crippen LogP contribution in [0.15, 0.2) is 54.6 Å². The molecule has 2 heterocycles. The molecule has 2 aromatic rings. The molecule has 1 amide bonds. The lowest BCUT2D eigenvalue weighted by Gasteiger charge is -2.38. The molecule has 2 aliphatic rings. The Hall–Kier alpha value is -2.41. The zero-order valence-corrected chi connectivity index (χ0v) is 25.2. The average Bonchev–Trinajstić information content (AvgIpc) is 2.96. The first-order chi connectivity index (χ1) is 19.4. The molecule has 2 fully saturated rings. The van der Waals surface area contributed by atoms with Gasteiger partial charge in [-0.2, -0.15) is 0 Å². The molecule has 1 N–H and O–H groups in total. The molecule has 2 aliphatic heterocycles. The third kappa shape index (κ3) is 9.60. The van der Waals surface area contributed by atoms with Crippen LogP contribution in [0.25, 0.3) is 11.1 Å². The number of para-hydroxylation sites is 1. The second-order valence-corrected chi connectivity index (χ2v) is 12.4. The van der Waals surface area contributed by atoms with Gasteiger partial charge in [-0.05, 0) is 97.4 Å². The summed E-state index contributed by atoms with van der Waals surface area (Å²) >= 11 is 0. The lowest BCUT2D eigenvalue weighted by atomic mass is 9.93. The number of piperidine rings is 2. The quantitative estimate of drug-likeness (QED) is 0.270. The van der Waals surface area contributed by atoms with Crippen molar-refractivity contribution in [2.45, 2.75) is 82.8 Å². The van der Waals surface area contributed by atoms with Crippen molar-refractivity contribution in [3.63, 3.8) is 0 Å². The van der Waals surface area contributed by atoms with Crippen LogP contribution in [-0.2, 0) is 4.74 Å². The number of anilines is 1. The fourth-order valence-electron chi connectivity index (χ4n) is 6.19. The lowest BCUT2D eigenvalue weighted by molar-refractivity contribution is -0.0163. The Morgan fingerprint density at radius 1 is 0.900 bits per heavy atom. The minimum absolute atomic E-state index is 0.364. The average molecular weight is 549 g/mol. The molecule has 0 aliphatic carbocycles. The Kier molecular flexibility index (Phi) is 11.9. The molecule has 0 radical (unpaired) electrons. The summed E-state index contributed by atoms with van der Waals surface area (Å²) in [5.41, 5.74) is 2.45. The summed E-state index contributed by atoms with van der Waals surface area (Å²) in [6, 6.07) is 18.8. The van der Waals surface area contributed by atoms with Gasteiger partial charge >= 0.3 is 6.09 Å². The molecule has 6 nitrogen and oxygen atoms in total. The molecular formula is C34H52N4O2. The Labute approximate surface area is 243 Å². The smallest absolute Gasteiger partial charge is 0.412 e. The van der Waals surface area contributed by atoms with Crippen LogP contribution in [0.5, 0.6) is 0 Å². The predicted octanol–water partition coefficient (Wildman–Crippen LogP) is 7.12. The molecule has 0 bridgehead atoms. The molecule has 0 atom stereocenters. The molecule has 0 aromatic heterocycles. The number of nitrogens with one attached hydrogen (secondary N) is 1. The maximum absolute atomic E-state index is 12.8. The molecule has 0 spiro atoms. The van der Waals surface area contributed by atoms with Crippen LogP contribution in [0.3, 0.4) is 0 Å². The third-order valence-electron chi connectivity index (χ3n) is 9.05. The van der Waals surface area contributed by atoms with Crippen molar-refractivity contribution in [2.24, 2.45) is 0 Å². The van der Waals surface area contributed by atoms with Crippen molar-refractivity contribution in [1.82, 2.24) is 14.7 Å². The van der Waals surface area contributed by atoms with Crippen molar-refractivity contribution in [3.05, 3.63) is 54.6 Å². The van der Waals surface area contributed by atoms with Gasteiger partial charge in [0.1, 0.15) is 5.60 Å². The highest BCUT2D eigenvalue weighted by atomic mass is 16.6. The number of unbranched alkanes of at least 4 members (excludes halogenated alkanes) is 5. The number of ether oxygens (including phenoxy) is 1. The number of benzene rings is 2. The summed E-state index contributed by atoms with van der Waals surface area (Å²) in [6.07, 6.45) is 12.0. The van der Waals surface area contributed by atoms with Gasteiger partial charge in [0, 0.05) is 24.7 Å². The SMILES string of the molecule is CN1CCC(N(C)CCCCCCCCN2CCC(C)(OC(=O)Nc3ccccc3-c3ccccc3)CC2)CC1. The maximum atomic E-state index is 12.8. The maximum Gasteiger partial charge on any atom is 0.412 e. The Bertz CT molecular complexity index is 1010. The van der Waals surface area contributed by atoms with E-state index in [0.29, 0.717) is 0 Å². The normalized spacial score (nSPS) is 18.6. The Balaban J connectivity index is 1.06. The number of hydrogen-bond acceptors (Lipinski definition) is 5. The highest BCUT2D eigenvalue weighted by Gasteiger charge is 2.33. The molecule has 40 heavy (non-hydrogen) atoms. The van der Waals surface area contributed by atoms with Crippen LogP contribution >= 0.6 is 0 Å². The van der Waals surface area contributed by atoms with Crippen molar-refractivity contribution in [1.29, 1.82) is 0 Å². The van der Waals surface area contributed by atoms with E-state index < -0.39 is 5.60 Å². The summed E-state index contributed by atoms with van der Waals surface area (Å²) in [6.45, 7) is 8.97. The lowest BCUT2D eigenvalue weighted by Crippen LogP contribution is -2.46. The van der Waals surface area contributed by atoms with Gasteiger partial charge < -0.3 is 19.4 Å². The van der Waals surface area contributed by atoms with Gasteiger partial charge in [0.2, 0.25) is 0 Å². The van der Waals surface area contributed by atoms with E-state index in [1.807, 2.05) is 42.5 Å². The summed E-state index contributed by atoms with van der Waals surface area (Å²) < 4.78 is 5.98. The summed E-state index contributed by atoms with van der Waals surface area (Å²) in [4.78, 5) is 20.5.